The van der Waals surface area contributed by atoms with Crippen LogP contribution in [0.4, 0.5) is 4.79 Å². The minimum Gasteiger partial charge on any atom is -0.453 e. The van der Waals surface area contributed by atoms with Gasteiger partial charge in [-0.15, -0.1) is 0 Å². The molecule has 19 heavy (non-hydrogen) atoms. The predicted octanol–water partition coefficient (Wildman–Crippen LogP) is -0.706. The molecule has 1 aliphatic rings. The highest BCUT2D eigenvalue weighted by Crippen LogP contribution is 2.06. The van der Waals surface area contributed by atoms with Gasteiger partial charge in [-0.3, -0.25) is 9.59 Å². The average molecular weight is 266 g/mol. The Morgan fingerprint density at radius 3 is 2.37 bits per heavy atom. The smallest absolute Gasteiger partial charge is 0.409 e. The molecule has 0 aromatic carbocycles. The largest absolute Gasteiger partial charge is 0.453 e. The monoisotopic (exact) mass is 266 g/mol. The maximum Gasteiger partial charge on any atom is 0.409 e. The van der Waals surface area contributed by atoms with Crippen LogP contribution in [0.2, 0.25) is 0 Å². The molecule has 0 atom stereocenters. The van der Waals surface area contributed by atoms with Gasteiger partial charge in [0.15, 0.2) is 0 Å². The number of ether oxygens (including phenoxy) is 1. The van der Waals surface area contributed by atoms with Crippen molar-refractivity contribution >= 4 is 12.0 Å². The number of carbonyl (C=O) groups is 2. The first-order chi connectivity index (χ1) is 9.11. The number of rotatable bonds is 1. The third-order valence-corrected chi connectivity index (χ3v) is 2.90. The summed E-state index contributed by atoms with van der Waals surface area (Å²) in [4.78, 5) is 37.3. The van der Waals surface area contributed by atoms with E-state index in [4.69, 9.17) is 0 Å². The fraction of sp³-hybridized carbons (Fsp3) is 0.455. The van der Waals surface area contributed by atoms with Gasteiger partial charge < -0.3 is 14.5 Å². The average Bonchev–Trinajstić information content (AvgIpc) is 2.46. The summed E-state index contributed by atoms with van der Waals surface area (Å²) < 4.78 is 4.61. The van der Waals surface area contributed by atoms with E-state index < -0.39 is 6.09 Å². The number of nitrogens with one attached hydrogen (secondary N) is 1. The number of nitrogens with zero attached hydrogens (tertiary/aromatic N) is 3. The van der Waals surface area contributed by atoms with E-state index in [1.807, 2.05) is 0 Å². The van der Waals surface area contributed by atoms with Crippen molar-refractivity contribution in [2.24, 2.45) is 0 Å². The third-order valence-electron chi connectivity index (χ3n) is 2.90. The van der Waals surface area contributed by atoms with E-state index in [1.165, 1.54) is 24.1 Å². The predicted molar refractivity (Wildman–Crippen MR) is 64.7 cm³/mol. The van der Waals surface area contributed by atoms with Crippen molar-refractivity contribution < 1.29 is 14.3 Å². The fourth-order valence-corrected chi connectivity index (χ4v) is 1.85. The minimum absolute atomic E-state index is 0.186. The molecular formula is C11H14N4O4. The number of hydrogen-bond donors (Lipinski definition) is 1. The maximum atomic E-state index is 12.1. The van der Waals surface area contributed by atoms with E-state index >= 15 is 0 Å². The van der Waals surface area contributed by atoms with Crippen molar-refractivity contribution in [3.05, 3.63) is 28.2 Å². The number of aromatic nitrogens is 2. The summed E-state index contributed by atoms with van der Waals surface area (Å²) >= 11 is 0. The van der Waals surface area contributed by atoms with Crippen LogP contribution in [0.3, 0.4) is 0 Å². The quantitative estimate of drug-likeness (QED) is 0.724. The highest BCUT2D eigenvalue weighted by Gasteiger charge is 2.25. The highest BCUT2D eigenvalue weighted by molar-refractivity contribution is 5.92. The molecule has 0 radical (unpaired) electrons. The van der Waals surface area contributed by atoms with Crippen LogP contribution in [0.25, 0.3) is 0 Å². The van der Waals surface area contributed by atoms with Gasteiger partial charge >= 0.3 is 6.09 Å². The first-order valence-corrected chi connectivity index (χ1v) is 5.79. The van der Waals surface area contributed by atoms with E-state index in [2.05, 4.69) is 14.9 Å². The Morgan fingerprint density at radius 1 is 1.21 bits per heavy atom. The van der Waals surface area contributed by atoms with Crippen molar-refractivity contribution in [3.8, 4) is 0 Å². The Labute approximate surface area is 109 Å². The lowest BCUT2D eigenvalue weighted by atomic mass is 10.3. The fourth-order valence-electron chi connectivity index (χ4n) is 1.85. The van der Waals surface area contributed by atoms with Gasteiger partial charge in [0.2, 0.25) is 0 Å². The lowest BCUT2D eigenvalue weighted by Gasteiger charge is -2.33. The normalized spacial score (nSPS) is 15.2. The summed E-state index contributed by atoms with van der Waals surface area (Å²) in [5.41, 5.74) is -0.168. The summed E-state index contributed by atoms with van der Waals surface area (Å²) in [5.74, 6) is -0.263. The molecule has 1 saturated heterocycles. The second-order valence-electron chi connectivity index (χ2n) is 4.06. The van der Waals surface area contributed by atoms with Crippen LogP contribution in [0.5, 0.6) is 0 Å². The Kier molecular flexibility index (Phi) is 3.79. The van der Waals surface area contributed by atoms with Gasteiger partial charge in [-0.1, -0.05) is 0 Å². The molecule has 1 fully saturated rings. The van der Waals surface area contributed by atoms with Gasteiger partial charge in [-0.2, -0.15) is 5.10 Å². The molecule has 0 unspecified atom stereocenters. The second kappa shape index (κ2) is 5.51. The number of amides is 2. The molecule has 1 N–H and O–H groups in total. The standard InChI is InChI=1S/C11H14N4O4/c1-19-11(18)15-6-4-14(5-7-15)10(17)8-2-3-9(16)13-12-8/h2-3H,4-7H2,1H3,(H,13,16). The van der Waals surface area contributed by atoms with Crippen molar-refractivity contribution in [2.75, 3.05) is 33.3 Å². The van der Waals surface area contributed by atoms with Crippen molar-refractivity contribution in [2.45, 2.75) is 0 Å². The summed E-state index contributed by atoms with van der Waals surface area (Å²) in [6.07, 6.45) is -0.394. The van der Waals surface area contributed by atoms with Crippen LogP contribution in [-0.4, -0.2) is 65.3 Å². The molecule has 8 nitrogen and oxygen atoms in total. The SMILES string of the molecule is COC(=O)N1CCN(C(=O)c2ccc(=O)[nH]n2)CC1. The lowest BCUT2D eigenvalue weighted by Crippen LogP contribution is -2.50. The second-order valence-corrected chi connectivity index (χ2v) is 4.06. The number of piperazine rings is 1. The molecule has 0 aliphatic carbocycles. The molecule has 1 aliphatic heterocycles. The van der Waals surface area contributed by atoms with Crippen LogP contribution < -0.4 is 5.56 Å². The van der Waals surface area contributed by atoms with Crippen molar-refractivity contribution in [3.63, 3.8) is 0 Å². The Hall–Kier alpha value is -2.38. The molecule has 1 aromatic rings. The third kappa shape index (κ3) is 2.90. The van der Waals surface area contributed by atoms with Crippen LogP contribution >= 0.6 is 0 Å². The molecule has 2 heterocycles. The summed E-state index contributed by atoms with van der Waals surface area (Å²) in [6.45, 7) is 1.66. The number of H-pyrrole nitrogens is 1. The first-order valence-electron chi connectivity index (χ1n) is 5.79. The van der Waals surface area contributed by atoms with E-state index in [-0.39, 0.29) is 17.2 Å². The molecule has 2 rings (SSSR count). The number of hydrogen-bond acceptors (Lipinski definition) is 5. The number of aromatic amines is 1. The van der Waals surface area contributed by atoms with Gasteiger partial charge in [-0.05, 0) is 6.07 Å². The molecule has 0 saturated carbocycles. The lowest BCUT2D eigenvalue weighted by molar-refractivity contribution is 0.0593. The van der Waals surface area contributed by atoms with Crippen molar-refractivity contribution in [1.29, 1.82) is 0 Å². The van der Waals surface area contributed by atoms with Gasteiger partial charge in [-0.25, -0.2) is 9.89 Å². The molecule has 8 heteroatoms. The van der Waals surface area contributed by atoms with Crippen LogP contribution in [0.15, 0.2) is 16.9 Å². The minimum atomic E-state index is -0.394. The number of carbonyl (C=O) groups excluding carboxylic acids is 2. The maximum absolute atomic E-state index is 12.1. The number of methoxy groups -OCH3 is 1. The molecule has 102 valence electrons. The van der Waals surface area contributed by atoms with Crippen LogP contribution in [-0.2, 0) is 4.74 Å². The summed E-state index contributed by atoms with van der Waals surface area (Å²) in [5, 5.41) is 5.91. The van der Waals surface area contributed by atoms with E-state index in [0.29, 0.717) is 26.2 Å². The Bertz CT molecular complexity index is 513. The van der Waals surface area contributed by atoms with E-state index in [9.17, 15) is 14.4 Å². The highest BCUT2D eigenvalue weighted by atomic mass is 16.5. The molecule has 2 amide bonds. The Morgan fingerprint density at radius 2 is 1.84 bits per heavy atom. The first kappa shape index (κ1) is 13.1. The Balaban J connectivity index is 1.98. The van der Waals surface area contributed by atoms with Crippen molar-refractivity contribution in [1.82, 2.24) is 20.0 Å². The van der Waals surface area contributed by atoms with E-state index in [1.54, 1.807) is 4.90 Å². The molecule has 0 bridgehead atoms. The van der Waals surface area contributed by atoms with Gasteiger partial charge in [0.25, 0.3) is 11.5 Å². The molecule has 1 aromatic heterocycles. The zero-order valence-corrected chi connectivity index (χ0v) is 10.5. The van der Waals surface area contributed by atoms with Crippen LogP contribution in [0.1, 0.15) is 10.5 Å². The van der Waals surface area contributed by atoms with Gasteiger partial charge in [0.05, 0.1) is 7.11 Å². The van der Waals surface area contributed by atoms with Crippen LogP contribution in [0, 0.1) is 0 Å². The summed E-state index contributed by atoms with van der Waals surface area (Å²) in [6, 6.07) is 2.64. The molecule has 0 spiro atoms. The topological polar surface area (TPSA) is 95.6 Å². The van der Waals surface area contributed by atoms with Gasteiger partial charge in [0.1, 0.15) is 5.69 Å². The zero-order chi connectivity index (χ0) is 13.8. The van der Waals surface area contributed by atoms with Gasteiger partial charge in [0, 0.05) is 32.2 Å². The zero-order valence-electron chi connectivity index (χ0n) is 10.5. The summed E-state index contributed by atoms with van der Waals surface area (Å²) in [7, 11) is 1.32. The van der Waals surface area contributed by atoms with E-state index in [0.717, 1.165) is 0 Å². The molecular weight excluding hydrogens is 252 g/mol.